The first-order valence-corrected chi connectivity index (χ1v) is 12.6. The Kier molecular flexibility index (Phi) is 5.96. The van der Waals surface area contributed by atoms with Gasteiger partial charge in [-0.1, -0.05) is 60.2 Å². The molecule has 3 aromatic carbocycles. The number of hydrogen-bond donors (Lipinski definition) is 1. The maximum Gasteiger partial charge on any atom is 0.323 e. The van der Waals surface area contributed by atoms with Crippen molar-refractivity contribution in [2.75, 3.05) is 12.4 Å². The monoisotopic (exact) mass is 503 g/mol. The molecule has 190 valence electrons. The standard InChI is InChI=1S/C31H29N5O2/c1-21-11-9-12-23(19-21)29-27-16-10-18-34(27)30-25(22(2)33-36(30)24-13-5-4-6-14-24)20-35(29)31(37)32-26-15-7-8-17-28(26)38-3/h4-19,29H,20H2,1-3H3,(H,32,37)/t29-/m1/s1. The lowest BCUT2D eigenvalue weighted by molar-refractivity contribution is 0.194. The van der Waals surface area contributed by atoms with Crippen molar-refractivity contribution in [2.45, 2.75) is 26.4 Å². The van der Waals surface area contributed by atoms with Crippen LogP contribution < -0.4 is 10.1 Å². The van der Waals surface area contributed by atoms with E-state index in [4.69, 9.17) is 9.84 Å². The zero-order chi connectivity index (χ0) is 26.2. The van der Waals surface area contributed by atoms with Gasteiger partial charge in [-0.05, 0) is 55.8 Å². The average Bonchev–Trinajstić information content (AvgIpc) is 3.49. The number of anilines is 1. The van der Waals surface area contributed by atoms with Crippen LogP contribution in [0.3, 0.4) is 0 Å². The van der Waals surface area contributed by atoms with Crippen LogP contribution in [0, 0.1) is 13.8 Å². The topological polar surface area (TPSA) is 64.3 Å². The molecule has 2 aromatic heterocycles. The largest absolute Gasteiger partial charge is 0.495 e. The maximum atomic E-state index is 14.1. The number of rotatable bonds is 4. The van der Waals surface area contributed by atoms with Gasteiger partial charge in [0, 0.05) is 11.8 Å². The number of carbonyl (C=O) groups excluding carboxylic acids is 1. The predicted molar refractivity (Wildman–Crippen MR) is 148 cm³/mol. The first-order valence-electron chi connectivity index (χ1n) is 12.6. The van der Waals surface area contributed by atoms with E-state index in [1.165, 1.54) is 0 Å². The minimum absolute atomic E-state index is 0.214. The number of amides is 2. The summed E-state index contributed by atoms with van der Waals surface area (Å²) in [6.07, 6.45) is 2.05. The van der Waals surface area contributed by atoms with E-state index in [1.54, 1.807) is 7.11 Å². The Morgan fingerprint density at radius 2 is 1.74 bits per heavy atom. The molecule has 3 heterocycles. The van der Waals surface area contributed by atoms with E-state index < -0.39 is 0 Å². The highest BCUT2D eigenvalue weighted by atomic mass is 16.5. The van der Waals surface area contributed by atoms with Gasteiger partial charge in [0.15, 0.2) is 0 Å². The smallest absolute Gasteiger partial charge is 0.323 e. The Morgan fingerprint density at radius 3 is 2.53 bits per heavy atom. The molecule has 1 aliphatic heterocycles. The number of aromatic nitrogens is 3. The molecular weight excluding hydrogens is 474 g/mol. The number of benzene rings is 3. The SMILES string of the molecule is COc1ccccc1NC(=O)N1Cc2c(C)nn(-c3ccccc3)c2-n2cccc2[C@H]1c1cccc(C)c1. The van der Waals surface area contributed by atoms with Gasteiger partial charge in [0.05, 0.1) is 42.5 Å². The van der Waals surface area contributed by atoms with E-state index in [9.17, 15) is 4.79 Å². The van der Waals surface area contributed by atoms with E-state index >= 15 is 0 Å². The molecule has 6 rings (SSSR count). The molecule has 1 N–H and O–H groups in total. The summed E-state index contributed by atoms with van der Waals surface area (Å²) in [6.45, 7) is 4.46. The van der Waals surface area contributed by atoms with Gasteiger partial charge in [0.25, 0.3) is 0 Å². The fourth-order valence-electron chi connectivity index (χ4n) is 5.28. The molecule has 1 atom stereocenters. The van der Waals surface area contributed by atoms with Crippen LogP contribution in [0.2, 0.25) is 0 Å². The van der Waals surface area contributed by atoms with E-state index in [2.05, 4.69) is 47.3 Å². The normalized spacial score (nSPS) is 14.4. The van der Waals surface area contributed by atoms with Gasteiger partial charge >= 0.3 is 6.03 Å². The third-order valence-electron chi connectivity index (χ3n) is 7.05. The fraction of sp³-hybridized carbons (Fsp3) is 0.161. The van der Waals surface area contributed by atoms with Gasteiger partial charge in [-0.25, -0.2) is 9.48 Å². The summed E-state index contributed by atoms with van der Waals surface area (Å²) in [5.74, 6) is 1.55. The number of ether oxygens (including phenoxy) is 1. The number of para-hydroxylation sites is 3. The molecule has 0 aliphatic carbocycles. The van der Waals surface area contributed by atoms with Crippen molar-refractivity contribution in [1.29, 1.82) is 0 Å². The highest BCUT2D eigenvalue weighted by molar-refractivity contribution is 5.91. The van der Waals surface area contributed by atoms with Gasteiger partial charge in [0.1, 0.15) is 11.6 Å². The Hall–Kier alpha value is -4.78. The Morgan fingerprint density at radius 1 is 0.947 bits per heavy atom. The van der Waals surface area contributed by atoms with Crippen LogP contribution in [-0.2, 0) is 6.54 Å². The zero-order valence-corrected chi connectivity index (χ0v) is 21.6. The molecule has 7 heteroatoms. The van der Waals surface area contributed by atoms with Gasteiger partial charge in [-0.3, -0.25) is 0 Å². The molecule has 1 aliphatic rings. The fourth-order valence-corrected chi connectivity index (χ4v) is 5.28. The number of fused-ring (bicyclic) bond motifs is 3. The summed E-state index contributed by atoms with van der Waals surface area (Å²) in [7, 11) is 1.60. The van der Waals surface area contributed by atoms with Gasteiger partial charge < -0.3 is 19.5 Å². The summed E-state index contributed by atoms with van der Waals surface area (Å²) in [4.78, 5) is 16.0. The lowest BCUT2D eigenvalue weighted by Gasteiger charge is -2.31. The van der Waals surface area contributed by atoms with E-state index in [0.29, 0.717) is 18.0 Å². The summed E-state index contributed by atoms with van der Waals surface area (Å²) >= 11 is 0. The second kappa shape index (κ2) is 9.59. The Balaban J connectivity index is 1.54. The minimum Gasteiger partial charge on any atom is -0.495 e. The van der Waals surface area contributed by atoms with E-state index in [0.717, 1.165) is 39.6 Å². The Bertz CT molecular complexity index is 1620. The van der Waals surface area contributed by atoms with Crippen LogP contribution in [0.15, 0.2) is 97.2 Å². The summed E-state index contributed by atoms with van der Waals surface area (Å²) < 4.78 is 9.65. The first-order chi connectivity index (χ1) is 18.5. The number of hydrogen-bond acceptors (Lipinski definition) is 3. The molecule has 0 radical (unpaired) electrons. The number of carbonyl (C=O) groups is 1. The van der Waals surface area contributed by atoms with Crippen LogP contribution in [0.1, 0.15) is 34.1 Å². The number of nitrogens with one attached hydrogen (secondary N) is 1. The molecule has 38 heavy (non-hydrogen) atoms. The highest BCUT2D eigenvalue weighted by Gasteiger charge is 2.36. The van der Waals surface area contributed by atoms with Crippen LogP contribution in [0.4, 0.5) is 10.5 Å². The molecule has 0 bridgehead atoms. The third-order valence-corrected chi connectivity index (χ3v) is 7.05. The minimum atomic E-state index is -0.323. The van der Waals surface area contributed by atoms with Crippen molar-refractivity contribution in [3.8, 4) is 17.3 Å². The Labute approximate surface area is 221 Å². The quantitative estimate of drug-likeness (QED) is 0.308. The van der Waals surface area contributed by atoms with Crippen molar-refractivity contribution in [2.24, 2.45) is 0 Å². The lowest BCUT2D eigenvalue weighted by Crippen LogP contribution is -2.38. The van der Waals surface area contributed by atoms with Crippen LogP contribution in [0.5, 0.6) is 5.75 Å². The average molecular weight is 504 g/mol. The van der Waals surface area contributed by atoms with Crippen molar-refractivity contribution in [1.82, 2.24) is 19.2 Å². The molecule has 0 saturated carbocycles. The van der Waals surface area contributed by atoms with Crippen molar-refractivity contribution < 1.29 is 9.53 Å². The van der Waals surface area contributed by atoms with Gasteiger partial charge in [-0.15, -0.1) is 0 Å². The molecule has 2 amide bonds. The molecule has 0 spiro atoms. The second-order valence-electron chi connectivity index (χ2n) is 9.51. The molecule has 7 nitrogen and oxygen atoms in total. The zero-order valence-electron chi connectivity index (χ0n) is 21.6. The molecule has 0 unspecified atom stereocenters. The molecular formula is C31H29N5O2. The summed E-state index contributed by atoms with van der Waals surface area (Å²) in [5, 5.41) is 8.03. The summed E-state index contributed by atoms with van der Waals surface area (Å²) in [6, 6.07) is 29.5. The third kappa shape index (κ3) is 4.02. The van der Waals surface area contributed by atoms with Crippen LogP contribution in [0.25, 0.3) is 11.5 Å². The number of urea groups is 1. The summed E-state index contributed by atoms with van der Waals surface area (Å²) in [5.41, 5.74) is 6.64. The van der Waals surface area contributed by atoms with Crippen molar-refractivity contribution >= 4 is 11.7 Å². The van der Waals surface area contributed by atoms with Crippen molar-refractivity contribution in [3.63, 3.8) is 0 Å². The van der Waals surface area contributed by atoms with E-state index in [-0.39, 0.29) is 12.1 Å². The van der Waals surface area contributed by atoms with Crippen LogP contribution >= 0.6 is 0 Å². The van der Waals surface area contributed by atoms with Gasteiger partial charge in [0.2, 0.25) is 0 Å². The number of methoxy groups -OCH3 is 1. The van der Waals surface area contributed by atoms with E-state index in [1.807, 2.05) is 83.2 Å². The molecule has 0 saturated heterocycles. The predicted octanol–water partition coefficient (Wildman–Crippen LogP) is 6.43. The first kappa shape index (κ1) is 23.6. The molecule has 0 fully saturated rings. The number of aryl methyl sites for hydroxylation is 2. The highest BCUT2D eigenvalue weighted by Crippen LogP contribution is 2.39. The second-order valence-corrected chi connectivity index (χ2v) is 9.51. The molecule has 5 aromatic rings. The maximum absolute atomic E-state index is 14.1. The lowest BCUT2D eigenvalue weighted by atomic mass is 10.00. The van der Waals surface area contributed by atoms with Crippen LogP contribution in [-0.4, -0.2) is 32.4 Å². The van der Waals surface area contributed by atoms with Crippen molar-refractivity contribution in [3.05, 3.63) is 125 Å². The number of nitrogens with zero attached hydrogens (tertiary/aromatic N) is 4. The van der Waals surface area contributed by atoms with Gasteiger partial charge in [-0.2, -0.15) is 5.10 Å².